The van der Waals surface area contributed by atoms with Gasteiger partial charge in [-0.2, -0.15) is 4.39 Å². The van der Waals surface area contributed by atoms with Crippen LogP contribution in [-0.4, -0.2) is 34.9 Å². The number of aromatic nitrogens is 1. The van der Waals surface area contributed by atoms with Gasteiger partial charge in [0, 0.05) is 23.2 Å². The summed E-state index contributed by atoms with van der Waals surface area (Å²) >= 11 is 0. The highest BCUT2D eigenvalue weighted by Gasteiger charge is 2.55. The van der Waals surface area contributed by atoms with E-state index in [9.17, 15) is 9.50 Å². The molecular formula is C21H22FN3O3. The van der Waals surface area contributed by atoms with E-state index >= 15 is 0 Å². The summed E-state index contributed by atoms with van der Waals surface area (Å²) in [6.07, 6.45) is 3.06. The second-order valence-corrected chi connectivity index (χ2v) is 7.95. The third-order valence-electron chi connectivity index (χ3n) is 6.13. The Labute approximate surface area is 162 Å². The molecule has 1 aromatic heterocycles. The molecule has 1 spiro atoms. The highest BCUT2D eigenvalue weighted by Crippen LogP contribution is 2.53. The largest absolute Gasteiger partial charge is 0.490 e. The molecule has 146 valence electrons. The van der Waals surface area contributed by atoms with Crippen LogP contribution in [0.15, 0.2) is 35.5 Å². The third-order valence-corrected chi connectivity index (χ3v) is 6.13. The molecule has 2 aliphatic heterocycles. The lowest BCUT2D eigenvalue weighted by atomic mass is 9.67. The Morgan fingerprint density at radius 2 is 2.14 bits per heavy atom. The first-order valence-corrected chi connectivity index (χ1v) is 9.56. The van der Waals surface area contributed by atoms with Crippen molar-refractivity contribution in [1.82, 2.24) is 4.98 Å². The Bertz CT molecular complexity index is 979. The summed E-state index contributed by atoms with van der Waals surface area (Å²) in [5.74, 6) is 0.137. The number of hydrogen-bond acceptors (Lipinski definition) is 6. The molecule has 2 aromatic rings. The summed E-state index contributed by atoms with van der Waals surface area (Å²) < 4.78 is 26.2. The van der Waals surface area contributed by atoms with Crippen LogP contribution >= 0.6 is 0 Å². The SMILES string of the molecule is Cc1cnc(F)c(-c2ccc3c(c2)C2(COC(N)=N2)[C@H]2C[C@@H](O)CCC2O3)c1. The average molecular weight is 383 g/mol. The summed E-state index contributed by atoms with van der Waals surface area (Å²) in [4.78, 5) is 8.53. The fourth-order valence-corrected chi connectivity index (χ4v) is 4.79. The van der Waals surface area contributed by atoms with E-state index in [1.807, 2.05) is 25.1 Å². The number of rotatable bonds is 1. The molecule has 1 fully saturated rings. The average Bonchev–Trinajstić information content (AvgIpc) is 3.07. The van der Waals surface area contributed by atoms with Gasteiger partial charge in [-0.3, -0.25) is 0 Å². The van der Waals surface area contributed by atoms with E-state index in [0.29, 0.717) is 36.3 Å². The number of aryl methyl sites for hydroxylation is 1. The Balaban J connectivity index is 1.68. The van der Waals surface area contributed by atoms with Gasteiger partial charge in [-0.15, -0.1) is 0 Å². The van der Waals surface area contributed by atoms with Gasteiger partial charge < -0.3 is 20.3 Å². The highest BCUT2D eigenvalue weighted by molar-refractivity contribution is 5.75. The molecule has 1 aromatic carbocycles. The Kier molecular flexibility index (Phi) is 3.84. The van der Waals surface area contributed by atoms with E-state index in [1.165, 1.54) is 6.20 Å². The number of pyridine rings is 1. The van der Waals surface area contributed by atoms with Crippen LogP contribution in [0.3, 0.4) is 0 Å². The molecule has 0 amide bonds. The molecule has 6 nitrogen and oxygen atoms in total. The van der Waals surface area contributed by atoms with Crippen molar-refractivity contribution in [2.24, 2.45) is 16.6 Å². The molecule has 1 saturated carbocycles. The zero-order valence-electron chi connectivity index (χ0n) is 15.6. The van der Waals surface area contributed by atoms with Gasteiger partial charge in [-0.05, 0) is 55.5 Å². The normalized spacial score (nSPS) is 30.8. The van der Waals surface area contributed by atoms with Gasteiger partial charge in [-0.25, -0.2) is 9.98 Å². The van der Waals surface area contributed by atoms with Gasteiger partial charge in [0.1, 0.15) is 24.0 Å². The second-order valence-electron chi connectivity index (χ2n) is 7.95. The third kappa shape index (κ3) is 2.57. The summed E-state index contributed by atoms with van der Waals surface area (Å²) in [7, 11) is 0. The van der Waals surface area contributed by atoms with Gasteiger partial charge in [0.25, 0.3) is 6.02 Å². The zero-order valence-corrected chi connectivity index (χ0v) is 15.6. The van der Waals surface area contributed by atoms with Crippen LogP contribution in [0, 0.1) is 18.8 Å². The smallest absolute Gasteiger partial charge is 0.283 e. The lowest BCUT2D eigenvalue weighted by Crippen LogP contribution is -2.51. The highest BCUT2D eigenvalue weighted by atomic mass is 19.1. The second kappa shape index (κ2) is 6.17. The number of aliphatic imine (C=N–C) groups is 1. The van der Waals surface area contributed by atoms with Crippen LogP contribution in [0.5, 0.6) is 5.75 Å². The van der Waals surface area contributed by atoms with E-state index in [-0.39, 0.29) is 18.0 Å². The Hall–Kier alpha value is -2.67. The van der Waals surface area contributed by atoms with Crippen LogP contribution in [0.4, 0.5) is 4.39 Å². The van der Waals surface area contributed by atoms with Gasteiger partial charge in [0.2, 0.25) is 5.95 Å². The maximum Gasteiger partial charge on any atom is 0.283 e. The van der Waals surface area contributed by atoms with E-state index in [0.717, 1.165) is 17.5 Å². The maximum absolute atomic E-state index is 14.4. The topological polar surface area (TPSA) is 90.0 Å². The van der Waals surface area contributed by atoms with Crippen molar-refractivity contribution in [3.05, 3.63) is 47.5 Å². The number of ether oxygens (including phenoxy) is 2. The van der Waals surface area contributed by atoms with Crippen molar-refractivity contribution in [3.8, 4) is 16.9 Å². The van der Waals surface area contributed by atoms with Crippen molar-refractivity contribution in [1.29, 1.82) is 0 Å². The molecule has 7 heteroatoms. The fraction of sp³-hybridized carbons (Fsp3) is 0.429. The molecule has 1 aliphatic carbocycles. The molecule has 4 atom stereocenters. The minimum absolute atomic E-state index is 0.0551. The standard InChI is InChI=1S/C21H22FN3O3/c1-11-6-14(19(22)24-9-11)12-2-4-17-15(7-12)21(10-27-20(23)25-21)16-8-13(26)3-5-18(16)28-17/h2,4,6-7,9,13,16,18,26H,3,5,8,10H2,1H3,(H2,23,25)/t13-,16-,18?,21?/m0/s1. The Morgan fingerprint density at radius 1 is 1.29 bits per heavy atom. The summed E-state index contributed by atoms with van der Waals surface area (Å²) in [5, 5.41) is 10.3. The predicted octanol–water partition coefficient (Wildman–Crippen LogP) is 2.66. The van der Waals surface area contributed by atoms with Crippen molar-refractivity contribution in [3.63, 3.8) is 0 Å². The van der Waals surface area contributed by atoms with Crippen LogP contribution in [0.2, 0.25) is 0 Å². The molecule has 3 N–H and O–H groups in total. The number of aliphatic hydroxyl groups excluding tert-OH is 1. The van der Waals surface area contributed by atoms with Crippen molar-refractivity contribution >= 4 is 6.02 Å². The summed E-state index contributed by atoms with van der Waals surface area (Å²) in [6, 6.07) is 7.51. The van der Waals surface area contributed by atoms with E-state index in [2.05, 4.69) is 9.98 Å². The van der Waals surface area contributed by atoms with Gasteiger partial charge in [0.15, 0.2) is 0 Å². The molecule has 3 aliphatic rings. The number of nitrogens with two attached hydrogens (primary N) is 1. The monoisotopic (exact) mass is 383 g/mol. The number of benzene rings is 1. The van der Waals surface area contributed by atoms with Crippen molar-refractivity contribution in [2.45, 2.75) is 43.9 Å². The number of nitrogens with zero attached hydrogens (tertiary/aromatic N) is 2. The van der Waals surface area contributed by atoms with Crippen LogP contribution < -0.4 is 10.5 Å². The predicted molar refractivity (Wildman–Crippen MR) is 101 cm³/mol. The minimum Gasteiger partial charge on any atom is -0.490 e. The van der Waals surface area contributed by atoms with Gasteiger partial charge in [-0.1, -0.05) is 6.07 Å². The van der Waals surface area contributed by atoms with E-state index in [1.54, 1.807) is 6.07 Å². The molecular weight excluding hydrogens is 361 g/mol. The molecule has 3 heterocycles. The maximum atomic E-state index is 14.4. The molecule has 5 rings (SSSR count). The van der Waals surface area contributed by atoms with Crippen molar-refractivity contribution < 1.29 is 19.0 Å². The summed E-state index contributed by atoms with van der Waals surface area (Å²) in [5.41, 5.74) is 8.00. The number of amidine groups is 1. The number of fused-ring (bicyclic) bond motifs is 4. The number of aliphatic hydroxyl groups is 1. The first-order valence-electron chi connectivity index (χ1n) is 9.56. The number of hydrogen-bond donors (Lipinski definition) is 2. The van der Waals surface area contributed by atoms with Crippen LogP contribution in [-0.2, 0) is 10.3 Å². The molecule has 0 radical (unpaired) electrons. The lowest BCUT2D eigenvalue weighted by molar-refractivity contribution is -0.0359. The minimum atomic E-state index is -0.729. The zero-order chi connectivity index (χ0) is 19.5. The molecule has 28 heavy (non-hydrogen) atoms. The Morgan fingerprint density at radius 3 is 2.93 bits per heavy atom. The van der Waals surface area contributed by atoms with Crippen molar-refractivity contribution in [2.75, 3.05) is 6.61 Å². The number of halogens is 1. The van der Waals surface area contributed by atoms with Crippen LogP contribution in [0.1, 0.15) is 30.4 Å². The van der Waals surface area contributed by atoms with Gasteiger partial charge >= 0.3 is 0 Å². The molecule has 0 bridgehead atoms. The molecule has 0 saturated heterocycles. The van der Waals surface area contributed by atoms with Gasteiger partial charge in [0.05, 0.1) is 6.10 Å². The summed E-state index contributed by atoms with van der Waals surface area (Å²) in [6.45, 7) is 2.17. The molecule has 2 unspecified atom stereocenters. The van der Waals surface area contributed by atoms with Crippen LogP contribution in [0.25, 0.3) is 11.1 Å². The first kappa shape index (κ1) is 17.4. The lowest BCUT2D eigenvalue weighted by Gasteiger charge is -2.47. The van der Waals surface area contributed by atoms with E-state index in [4.69, 9.17) is 15.2 Å². The van der Waals surface area contributed by atoms with E-state index < -0.39 is 17.6 Å². The fourth-order valence-electron chi connectivity index (χ4n) is 4.79. The first-order chi connectivity index (χ1) is 13.5. The quantitative estimate of drug-likeness (QED) is 0.739.